The minimum absolute atomic E-state index is 0.102. The molecule has 0 fully saturated rings. The second-order valence-electron chi connectivity index (χ2n) is 2.35. The number of halogens is 6. The second kappa shape index (κ2) is 4.69. The summed E-state index contributed by atoms with van der Waals surface area (Å²) in [6.07, 6.45) is 0. The van der Waals surface area contributed by atoms with E-state index in [0.717, 1.165) is 0 Å². The van der Waals surface area contributed by atoms with E-state index in [1.54, 1.807) is 0 Å². The number of hydrogen-bond donors (Lipinski definition) is 0. The van der Waals surface area contributed by atoms with E-state index in [1.165, 1.54) is 0 Å². The molecule has 14 heavy (non-hydrogen) atoms. The van der Waals surface area contributed by atoms with Crippen LogP contribution in [0.2, 0.25) is 25.1 Å². The normalized spacial score (nSPS) is 10.4. The quantitative estimate of drug-likeness (QED) is 0.430. The molecule has 0 unspecified atom stereocenters. The van der Waals surface area contributed by atoms with E-state index in [0.29, 0.717) is 5.56 Å². The molecule has 0 nitrogen and oxygen atoms in total. The van der Waals surface area contributed by atoms with Gasteiger partial charge in [-0.15, -0.1) is 0 Å². The lowest BCUT2D eigenvalue weighted by atomic mass is 10.2. The van der Waals surface area contributed by atoms with Crippen LogP contribution in [-0.4, -0.2) is 0 Å². The minimum atomic E-state index is 0.102. The van der Waals surface area contributed by atoms with Gasteiger partial charge in [0.2, 0.25) is 0 Å². The van der Waals surface area contributed by atoms with E-state index >= 15 is 0 Å². The van der Waals surface area contributed by atoms with Crippen molar-refractivity contribution in [2.24, 2.45) is 0 Å². The third kappa shape index (κ3) is 2.11. The van der Waals surface area contributed by atoms with Gasteiger partial charge in [-0.25, -0.2) is 0 Å². The molecule has 0 atom stereocenters. The van der Waals surface area contributed by atoms with Crippen LogP contribution in [0.5, 0.6) is 0 Å². The first-order chi connectivity index (χ1) is 6.37. The van der Waals surface area contributed by atoms with Gasteiger partial charge in [-0.2, -0.15) is 0 Å². The molecule has 76 valence electrons. The molecule has 0 aromatic heterocycles. The van der Waals surface area contributed by atoms with Crippen LogP contribution < -0.4 is 0 Å². The van der Waals surface area contributed by atoms with Gasteiger partial charge in [0.1, 0.15) is 0 Å². The average molecular weight is 311 g/mol. The zero-order chi connectivity index (χ0) is 11.0. The van der Waals surface area contributed by atoms with Crippen molar-refractivity contribution >= 4 is 74.6 Å². The Morgan fingerprint density at radius 3 is 1.29 bits per heavy atom. The Labute approximate surface area is 111 Å². The highest BCUT2D eigenvalue weighted by molar-refractivity contribution is 6.58. The summed E-state index contributed by atoms with van der Waals surface area (Å²) in [6.45, 7) is 3.50. The molecular formula is C8H2Cl6. The van der Waals surface area contributed by atoms with Crippen molar-refractivity contribution in [1.29, 1.82) is 0 Å². The van der Waals surface area contributed by atoms with Crippen molar-refractivity contribution in [3.8, 4) is 0 Å². The summed E-state index contributed by atoms with van der Waals surface area (Å²) in [5, 5.41) is 0.765. The molecule has 0 saturated heterocycles. The van der Waals surface area contributed by atoms with Crippen LogP contribution in [0.15, 0.2) is 6.58 Å². The lowest BCUT2D eigenvalue weighted by molar-refractivity contribution is 1.64. The summed E-state index contributed by atoms with van der Waals surface area (Å²) in [5.74, 6) is 0. The predicted molar refractivity (Wildman–Crippen MR) is 66.4 cm³/mol. The Bertz CT molecular complexity index is 380. The Kier molecular flexibility index (Phi) is 4.28. The largest absolute Gasteiger partial charge is 0.0842 e. The van der Waals surface area contributed by atoms with Gasteiger partial charge in [-0.1, -0.05) is 76.2 Å². The van der Waals surface area contributed by atoms with Crippen LogP contribution in [0, 0.1) is 0 Å². The zero-order valence-electron chi connectivity index (χ0n) is 6.47. The first kappa shape index (κ1) is 12.8. The van der Waals surface area contributed by atoms with Crippen molar-refractivity contribution in [1.82, 2.24) is 0 Å². The lowest BCUT2D eigenvalue weighted by Crippen LogP contribution is -1.86. The number of hydrogen-bond acceptors (Lipinski definition) is 0. The monoisotopic (exact) mass is 308 g/mol. The third-order valence-corrected chi connectivity index (χ3v) is 3.95. The molecule has 1 aromatic carbocycles. The Balaban J connectivity index is 3.68. The molecule has 1 rings (SSSR count). The molecule has 0 spiro atoms. The first-order valence-corrected chi connectivity index (χ1v) is 5.51. The van der Waals surface area contributed by atoms with Crippen molar-refractivity contribution in [3.05, 3.63) is 37.3 Å². The van der Waals surface area contributed by atoms with Crippen LogP contribution in [0.4, 0.5) is 0 Å². The highest BCUT2D eigenvalue weighted by Crippen LogP contribution is 2.46. The highest BCUT2D eigenvalue weighted by Gasteiger charge is 2.19. The van der Waals surface area contributed by atoms with Gasteiger partial charge in [0, 0.05) is 10.6 Å². The molecule has 0 aliphatic heterocycles. The SMILES string of the molecule is C=C(Cl)c1c(Cl)c(Cl)c(Cl)c(Cl)c1Cl. The summed E-state index contributed by atoms with van der Waals surface area (Å²) < 4.78 is 0. The van der Waals surface area contributed by atoms with Gasteiger partial charge in [-0.05, 0) is 0 Å². The zero-order valence-corrected chi connectivity index (χ0v) is 11.0. The van der Waals surface area contributed by atoms with Crippen LogP contribution in [-0.2, 0) is 0 Å². The summed E-state index contributed by atoms with van der Waals surface area (Å²) in [7, 11) is 0. The van der Waals surface area contributed by atoms with Crippen LogP contribution in [0.25, 0.3) is 5.03 Å². The molecule has 0 aliphatic carbocycles. The van der Waals surface area contributed by atoms with Crippen LogP contribution in [0.1, 0.15) is 5.56 Å². The van der Waals surface area contributed by atoms with E-state index in [1.807, 2.05) is 0 Å². The van der Waals surface area contributed by atoms with E-state index in [-0.39, 0.29) is 30.1 Å². The maximum absolute atomic E-state index is 5.87. The molecule has 0 amide bonds. The fourth-order valence-electron chi connectivity index (χ4n) is 0.843. The van der Waals surface area contributed by atoms with E-state index < -0.39 is 0 Å². The van der Waals surface area contributed by atoms with Crippen molar-refractivity contribution in [3.63, 3.8) is 0 Å². The summed E-state index contributed by atoms with van der Waals surface area (Å²) in [6, 6.07) is 0. The van der Waals surface area contributed by atoms with E-state index in [4.69, 9.17) is 69.6 Å². The van der Waals surface area contributed by atoms with Gasteiger partial charge >= 0.3 is 0 Å². The molecule has 0 radical (unpaired) electrons. The first-order valence-electron chi connectivity index (χ1n) is 3.24. The summed E-state index contributed by atoms with van der Waals surface area (Å²) in [5.41, 5.74) is 0.300. The topological polar surface area (TPSA) is 0 Å². The Hall–Kier alpha value is 0.700. The van der Waals surface area contributed by atoms with Crippen molar-refractivity contribution < 1.29 is 0 Å². The van der Waals surface area contributed by atoms with Crippen LogP contribution in [0.3, 0.4) is 0 Å². The molecular weight excluding hydrogens is 309 g/mol. The molecule has 1 aromatic rings. The average Bonchev–Trinajstić information content (AvgIpc) is 2.11. The fourth-order valence-corrected chi connectivity index (χ4v) is 2.50. The number of benzene rings is 1. The maximum Gasteiger partial charge on any atom is 0.0809 e. The van der Waals surface area contributed by atoms with Crippen molar-refractivity contribution in [2.75, 3.05) is 0 Å². The Morgan fingerprint density at radius 2 is 1.00 bits per heavy atom. The second-order valence-corrected chi connectivity index (χ2v) is 4.70. The van der Waals surface area contributed by atoms with Crippen molar-refractivity contribution in [2.45, 2.75) is 0 Å². The van der Waals surface area contributed by atoms with E-state index in [2.05, 4.69) is 6.58 Å². The van der Waals surface area contributed by atoms with Gasteiger partial charge in [0.25, 0.3) is 0 Å². The van der Waals surface area contributed by atoms with Crippen LogP contribution >= 0.6 is 69.6 Å². The van der Waals surface area contributed by atoms with Gasteiger partial charge < -0.3 is 0 Å². The standard InChI is InChI=1S/C8H2Cl6/c1-2(9)3-4(10)6(12)8(14)7(13)5(3)11/h1H2. The number of rotatable bonds is 1. The molecule has 0 saturated carbocycles. The maximum atomic E-state index is 5.87. The smallest absolute Gasteiger partial charge is 0.0809 e. The molecule has 6 heteroatoms. The molecule has 0 N–H and O–H groups in total. The predicted octanol–water partition coefficient (Wildman–Crippen LogP) is 6.16. The van der Waals surface area contributed by atoms with Gasteiger partial charge in [0.15, 0.2) is 0 Å². The molecule has 0 heterocycles. The fraction of sp³-hybridized carbons (Fsp3) is 0. The highest BCUT2D eigenvalue weighted by atomic mass is 35.5. The minimum Gasteiger partial charge on any atom is -0.0842 e. The van der Waals surface area contributed by atoms with E-state index in [9.17, 15) is 0 Å². The lowest BCUT2D eigenvalue weighted by Gasteiger charge is -2.10. The summed E-state index contributed by atoms with van der Waals surface area (Å²) >= 11 is 34.8. The van der Waals surface area contributed by atoms with Gasteiger partial charge in [-0.3, -0.25) is 0 Å². The third-order valence-electron chi connectivity index (χ3n) is 1.48. The molecule has 0 aliphatic rings. The summed E-state index contributed by atoms with van der Waals surface area (Å²) in [4.78, 5) is 0. The Morgan fingerprint density at radius 1 is 0.714 bits per heavy atom. The van der Waals surface area contributed by atoms with Gasteiger partial charge in [0.05, 0.1) is 25.1 Å². The molecule has 0 bridgehead atoms.